The Morgan fingerprint density at radius 1 is 1.59 bits per heavy atom. The van der Waals surface area contributed by atoms with Crippen LogP contribution in [-0.4, -0.2) is 17.8 Å². The highest BCUT2D eigenvalue weighted by molar-refractivity contribution is 5.80. The molecule has 1 heterocycles. The lowest BCUT2D eigenvalue weighted by Gasteiger charge is -2.02. The van der Waals surface area contributed by atoms with Crippen molar-refractivity contribution in [3.05, 3.63) is 48.0 Å². The van der Waals surface area contributed by atoms with Crippen molar-refractivity contribution >= 4 is 17.7 Å². The van der Waals surface area contributed by atoms with Crippen molar-refractivity contribution in [2.45, 2.75) is 13.8 Å². The predicted molar refractivity (Wildman–Crippen MR) is 84.8 cm³/mol. The van der Waals surface area contributed by atoms with Crippen LogP contribution >= 0.6 is 0 Å². The number of allylic oxidation sites excluding steroid dienone is 1. The van der Waals surface area contributed by atoms with Gasteiger partial charge in [-0.3, -0.25) is 0 Å². The minimum atomic E-state index is 0.137. The van der Waals surface area contributed by atoms with E-state index in [0.717, 1.165) is 11.3 Å². The van der Waals surface area contributed by atoms with Crippen molar-refractivity contribution in [3.8, 4) is 11.8 Å². The summed E-state index contributed by atoms with van der Waals surface area (Å²) in [5.41, 5.74) is 4.31. The second-order valence-corrected chi connectivity index (χ2v) is 4.46. The summed E-state index contributed by atoms with van der Waals surface area (Å²) < 4.78 is 10.8. The molecular weight excluding hydrogens is 280 g/mol. The topological polar surface area (TPSA) is 83.4 Å². The number of hydrazone groups is 1. The number of aromatic nitrogens is 1. The van der Waals surface area contributed by atoms with Gasteiger partial charge in [-0.25, -0.2) is 5.43 Å². The summed E-state index contributed by atoms with van der Waals surface area (Å²) in [6.07, 6.45) is 1.60. The summed E-state index contributed by atoms with van der Waals surface area (Å²) in [4.78, 5) is 4.01. The summed E-state index contributed by atoms with van der Waals surface area (Å²) in [6, 6.07) is 9.44. The minimum absolute atomic E-state index is 0.137. The van der Waals surface area contributed by atoms with Gasteiger partial charge in [-0.2, -0.15) is 15.3 Å². The fourth-order valence-electron chi connectivity index (χ4n) is 1.67. The number of ether oxygens (including phenoxy) is 1. The molecule has 0 unspecified atom stereocenters. The molecular formula is C16H16N4O2. The van der Waals surface area contributed by atoms with Crippen LogP contribution in [0.15, 0.2) is 40.4 Å². The average molecular weight is 296 g/mol. The van der Waals surface area contributed by atoms with Gasteiger partial charge in [-0.1, -0.05) is 18.7 Å². The number of hydrogen-bond acceptors (Lipinski definition) is 6. The summed E-state index contributed by atoms with van der Waals surface area (Å²) in [7, 11) is 0. The Morgan fingerprint density at radius 3 is 3.09 bits per heavy atom. The van der Waals surface area contributed by atoms with Crippen molar-refractivity contribution in [1.29, 1.82) is 5.26 Å². The quantitative estimate of drug-likeness (QED) is 0.652. The zero-order valence-electron chi connectivity index (χ0n) is 12.5. The Labute approximate surface area is 128 Å². The molecule has 22 heavy (non-hydrogen) atoms. The molecule has 1 N–H and O–H groups in total. The van der Waals surface area contributed by atoms with E-state index in [4.69, 9.17) is 14.4 Å². The first-order chi connectivity index (χ1) is 10.6. The van der Waals surface area contributed by atoms with Crippen molar-refractivity contribution < 1.29 is 9.15 Å². The summed E-state index contributed by atoms with van der Waals surface area (Å²) in [5, 5.41) is 13.1. The van der Waals surface area contributed by atoms with Crippen LogP contribution in [0.2, 0.25) is 0 Å². The van der Waals surface area contributed by atoms with E-state index in [1.54, 1.807) is 13.1 Å². The van der Waals surface area contributed by atoms with Gasteiger partial charge in [0.15, 0.2) is 0 Å². The van der Waals surface area contributed by atoms with Gasteiger partial charge in [-0.15, -0.1) is 0 Å². The van der Waals surface area contributed by atoms with Crippen LogP contribution in [0.25, 0.3) is 5.57 Å². The van der Waals surface area contributed by atoms with Crippen LogP contribution in [0.3, 0.4) is 0 Å². The zero-order chi connectivity index (χ0) is 15.9. The molecule has 0 amide bonds. The maximum Gasteiger partial charge on any atom is 0.252 e. The lowest BCUT2D eigenvalue weighted by Crippen LogP contribution is -1.94. The highest BCUT2D eigenvalue weighted by Crippen LogP contribution is 2.20. The number of anilines is 1. The van der Waals surface area contributed by atoms with Crippen LogP contribution in [-0.2, 0) is 0 Å². The Morgan fingerprint density at radius 2 is 2.41 bits per heavy atom. The monoisotopic (exact) mass is 296 g/mol. The molecule has 0 fully saturated rings. The van der Waals surface area contributed by atoms with E-state index < -0.39 is 0 Å². The summed E-state index contributed by atoms with van der Waals surface area (Å²) in [6.45, 7) is 8.00. The number of nitrogens with one attached hydrogen (secondary N) is 1. The lowest BCUT2D eigenvalue weighted by molar-refractivity contribution is 0.340. The molecule has 1 aromatic heterocycles. The first-order valence-electron chi connectivity index (χ1n) is 6.72. The van der Waals surface area contributed by atoms with Gasteiger partial charge in [-0.05, 0) is 31.5 Å². The predicted octanol–water partition coefficient (Wildman–Crippen LogP) is 3.42. The highest BCUT2D eigenvalue weighted by atomic mass is 16.5. The fourth-order valence-corrected chi connectivity index (χ4v) is 1.67. The molecule has 0 aliphatic carbocycles. The van der Waals surface area contributed by atoms with E-state index in [-0.39, 0.29) is 11.6 Å². The molecule has 6 nitrogen and oxygen atoms in total. The van der Waals surface area contributed by atoms with E-state index in [0.29, 0.717) is 18.1 Å². The van der Waals surface area contributed by atoms with Gasteiger partial charge >= 0.3 is 0 Å². The molecule has 112 valence electrons. The molecule has 2 aromatic rings. The fraction of sp³-hybridized carbons (Fsp3) is 0.188. The van der Waals surface area contributed by atoms with E-state index >= 15 is 0 Å². The maximum atomic E-state index is 9.01. The Hall–Kier alpha value is -3.07. The van der Waals surface area contributed by atoms with Crippen molar-refractivity contribution in [3.63, 3.8) is 0 Å². The lowest BCUT2D eigenvalue weighted by atomic mass is 10.2. The first kappa shape index (κ1) is 15.3. The third-order valence-corrected chi connectivity index (χ3v) is 2.65. The van der Waals surface area contributed by atoms with Gasteiger partial charge in [0.25, 0.3) is 5.88 Å². The molecule has 0 saturated heterocycles. The maximum absolute atomic E-state index is 9.01. The standard InChI is InChI=1S/C16H16N4O2/c1-4-21-13-7-5-6-12(8-13)10-18-20-16-14(9-17)19-15(22-16)11(2)3/h5-8,10,20H,2,4H2,1,3H3/b18-10-. The molecule has 0 aliphatic rings. The minimum Gasteiger partial charge on any atom is -0.494 e. The highest BCUT2D eigenvalue weighted by Gasteiger charge is 2.12. The number of rotatable bonds is 6. The van der Waals surface area contributed by atoms with E-state index in [2.05, 4.69) is 22.1 Å². The molecule has 0 aliphatic heterocycles. The van der Waals surface area contributed by atoms with E-state index in [9.17, 15) is 0 Å². The van der Waals surface area contributed by atoms with E-state index in [1.165, 1.54) is 0 Å². The number of oxazole rings is 1. The molecule has 0 saturated carbocycles. The first-order valence-corrected chi connectivity index (χ1v) is 6.72. The number of nitriles is 1. The van der Waals surface area contributed by atoms with Crippen molar-refractivity contribution in [1.82, 2.24) is 4.98 Å². The van der Waals surface area contributed by atoms with Crippen LogP contribution in [0, 0.1) is 11.3 Å². The third-order valence-electron chi connectivity index (χ3n) is 2.65. The van der Waals surface area contributed by atoms with Gasteiger partial charge < -0.3 is 9.15 Å². The smallest absolute Gasteiger partial charge is 0.252 e. The number of nitrogens with zero attached hydrogens (tertiary/aromatic N) is 3. The van der Waals surface area contributed by atoms with Crippen molar-refractivity contribution in [2.24, 2.45) is 5.10 Å². The summed E-state index contributed by atoms with van der Waals surface area (Å²) in [5.74, 6) is 1.28. The molecule has 0 radical (unpaired) electrons. The SMILES string of the molecule is C=C(C)c1nc(C#N)c(N/N=C\c2cccc(OCC)c2)o1. The van der Waals surface area contributed by atoms with Crippen LogP contribution in [0.1, 0.15) is 31.0 Å². The number of hydrogen-bond donors (Lipinski definition) is 1. The van der Waals surface area contributed by atoms with Crippen LogP contribution in [0.4, 0.5) is 5.88 Å². The molecule has 0 spiro atoms. The van der Waals surface area contributed by atoms with Gasteiger partial charge in [0, 0.05) is 5.57 Å². The Bertz CT molecular complexity index is 741. The Balaban J connectivity index is 2.11. The number of benzene rings is 1. The molecule has 0 atom stereocenters. The van der Waals surface area contributed by atoms with Crippen molar-refractivity contribution in [2.75, 3.05) is 12.0 Å². The zero-order valence-corrected chi connectivity index (χ0v) is 12.5. The molecule has 6 heteroatoms. The molecule has 2 rings (SSSR count). The second-order valence-electron chi connectivity index (χ2n) is 4.46. The molecule has 1 aromatic carbocycles. The summed E-state index contributed by atoms with van der Waals surface area (Å²) >= 11 is 0. The largest absolute Gasteiger partial charge is 0.494 e. The van der Waals surface area contributed by atoms with Gasteiger partial charge in [0.1, 0.15) is 11.8 Å². The Kier molecular flexibility index (Phi) is 4.94. The van der Waals surface area contributed by atoms with Crippen LogP contribution in [0.5, 0.6) is 5.75 Å². The normalized spacial score (nSPS) is 10.4. The van der Waals surface area contributed by atoms with E-state index in [1.807, 2.05) is 37.3 Å². The van der Waals surface area contributed by atoms with Gasteiger partial charge in [0.2, 0.25) is 11.6 Å². The van der Waals surface area contributed by atoms with Crippen LogP contribution < -0.4 is 10.2 Å². The third kappa shape index (κ3) is 3.73. The van der Waals surface area contributed by atoms with Gasteiger partial charge in [0.05, 0.1) is 12.8 Å². The molecule has 0 bridgehead atoms. The average Bonchev–Trinajstić information content (AvgIpc) is 2.92. The second kappa shape index (κ2) is 7.09.